The predicted octanol–water partition coefficient (Wildman–Crippen LogP) is 4.80. The number of imidazole rings is 2. The summed E-state index contributed by atoms with van der Waals surface area (Å²) in [5.74, 6) is 2.99. The van der Waals surface area contributed by atoms with Crippen LogP contribution in [0.4, 0.5) is 16.7 Å². The van der Waals surface area contributed by atoms with Gasteiger partial charge in [-0.05, 0) is 84.1 Å². The second kappa shape index (κ2) is 23.4. The van der Waals surface area contributed by atoms with E-state index in [1.54, 1.807) is 37.8 Å². The van der Waals surface area contributed by atoms with Gasteiger partial charge < -0.3 is 31.8 Å². The Bertz CT molecular complexity index is 1690. The lowest BCUT2D eigenvalue weighted by atomic mass is 10.2. The molecule has 0 atom stereocenters. The minimum atomic E-state index is -0.558. The van der Waals surface area contributed by atoms with E-state index in [9.17, 15) is 14.4 Å². The first-order valence-corrected chi connectivity index (χ1v) is 18.1. The lowest BCUT2D eigenvalue weighted by Gasteiger charge is -2.19. The van der Waals surface area contributed by atoms with Crippen molar-refractivity contribution in [2.24, 2.45) is 5.11 Å². The maximum Gasteiger partial charge on any atom is 0.421 e. The highest BCUT2D eigenvalue weighted by molar-refractivity contribution is 5.85. The minimum Gasteiger partial charge on any atom is -0.443 e. The molecule has 3 aromatic heterocycles. The van der Waals surface area contributed by atoms with Crippen LogP contribution in [0.2, 0.25) is 0 Å². The number of azide groups is 1. The van der Waals surface area contributed by atoms with E-state index >= 15 is 0 Å². The molecule has 2 fully saturated rings. The molecule has 3 heterocycles. The van der Waals surface area contributed by atoms with Crippen LogP contribution in [0.25, 0.3) is 10.4 Å². The number of carbonyl (C=O) groups excluding carboxylic acids is 3. The van der Waals surface area contributed by atoms with Crippen molar-refractivity contribution in [2.75, 3.05) is 18.0 Å². The van der Waals surface area contributed by atoms with Gasteiger partial charge in [0.05, 0.1) is 17.6 Å². The number of anilines is 2. The highest BCUT2D eigenvalue weighted by Crippen LogP contribution is 2.18. The average Bonchev–Trinajstić information content (AvgIpc) is 3.94. The summed E-state index contributed by atoms with van der Waals surface area (Å²) < 4.78 is 8.04. The third-order valence-corrected chi connectivity index (χ3v) is 8.26. The molecule has 0 aliphatic heterocycles. The predicted molar refractivity (Wildman–Crippen MR) is 207 cm³/mol. The molecule has 0 saturated heterocycles. The Balaban J connectivity index is 0.000000292. The zero-order chi connectivity index (χ0) is 38.6. The molecule has 0 spiro atoms. The molecule has 0 radical (unpaired) electrons. The average molecular weight is 771 g/mol. The van der Waals surface area contributed by atoms with Crippen LogP contribution in [0.1, 0.15) is 108 Å². The summed E-state index contributed by atoms with van der Waals surface area (Å²) >= 11 is 0. The van der Waals surface area contributed by atoms with Crippen LogP contribution in [0, 0.1) is 12.3 Å². The van der Waals surface area contributed by atoms with Crippen LogP contribution >= 0.6 is 12.4 Å². The van der Waals surface area contributed by atoms with E-state index in [-0.39, 0.29) is 43.3 Å². The van der Waals surface area contributed by atoms with Gasteiger partial charge in [-0.15, -0.1) is 29.8 Å². The quantitative estimate of drug-likeness (QED) is 0.0521. The Morgan fingerprint density at radius 1 is 1.02 bits per heavy atom. The van der Waals surface area contributed by atoms with Crippen LogP contribution in [0.5, 0.6) is 0 Å². The van der Waals surface area contributed by atoms with Gasteiger partial charge in [0.1, 0.15) is 18.7 Å². The number of nitrogen functional groups attached to an aromatic ring is 2. The SMILES string of the molecule is C#CCCCc1cn(C(=O)OC(C)(C)C)c(N)n1.Cl.Nc1ncc(CCCc2cn(CC(=O)NC3CCCC3)nn2)[nH]1.[N-]=[N+]=NCC(=O)NC1CCCC1. The lowest BCUT2D eigenvalue weighted by Crippen LogP contribution is -2.35. The molecule has 2 amide bonds. The van der Waals surface area contributed by atoms with Gasteiger partial charge in [0.2, 0.25) is 17.8 Å². The number of terminal acetylenes is 1. The molecular formula is C35H55ClN14O4. The number of nitrogens with one attached hydrogen (secondary N) is 3. The molecule has 7 N–H and O–H groups in total. The Morgan fingerprint density at radius 2 is 1.65 bits per heavy atom. The van der Waals surface area contributed by atoms with E-state index in [0.29, 0.717) is 30.9 Å². The number of hydrogen-bond donors (Lipinski definition) is 5. The van der Waals surface area contributed by atoms with Gasteiger partial charge in [-0.1, -0.05) is 36.0 Å². The Labute approximate surface area is 322 Å². The van der Waals surface area contributed by atoms with Crippen molar-refractivity contribution in [3.63, 3.8) is 0 Å². The van der Waals surface area contributed by atoms with E-state index in [4.69, 9.17) is 28.2 Å². The normalized spacial score (nSPS) is 13.9. The van der Waals surface area contributed by atoms with Crippen LogP contribution in [-0.4, -0.2) is 76.6 Å². The van der Waals surface area contributed by atoms with Crippen LogP contribution in [-0.2, 0) is 40.1 Å². The number of nitrogens with zero attached hydrogens (tertiary/aromatic N) is 9. The number of nitrogens with two attached hydrogens (primary N) is 2. The molecule has 5 rings (SSSR count). The van der Waals surface area contributed by atoms with Gasteiger partial charge in [0.15, 0.2) is 5.95 Å². The topological polar surface area (TPSA) is 263 Å². The lowest BCUT2D eigenvalue weighted by molar-refractivity contribution is -0.122. The fourth-order valence-corrected chi connectivity index (χ4v) is 5.82. The van der Waals surface area contributed by atoms with Gasteiger partial charge in [0.25, 0.3) is 0 Å². The van der Waals surface area contributed by atoms with Gasteiger partial charge in [-0.25, -0.2) is 24.0 Å². The van der Waals surface area contributed by atoms with Gasteiger partial charge in [-0.3, -0.25) is 9.59 Å². The third kappa shape index (κ3) is 17.5. The summed E-state index contributed by atoms with van der Waals surface area (Å²) in [5.41, 5.74) is 21.3. The second-order valence-corrected chi connectivity index (χ2v) is 14.0. The van der Waals surface area contributed by atoms with Gasteiger partial charge in [-0.2, -0.15) is 0 Å². The number of halogens is 1. The van der Waals surface area contributed by atoms with Crippen molar-refractivity contribution < 1.29 is 19.1 Å². The van der Waals surface area contributed by atoms with E-state index in [2.05, 4.69) is 51.8 Å². The molecule has 0 bridgehead atoms. The van der Waals surface area contributed by atoms with Crippen molar-refractivity contribution >= 4 is 42.2 Å². The molecule has 18 nitrogen and oxygen atoms in total. The summed E-state index contributed by atoms with van der Waals surface area (Å²) in [7, 11) is 0. The number of amides is 2. The number of carbonyl (C=O) groups is 3. The molecule has 2 saturated carbocycles. The maximum absolute atomic E-state index is 12.0. The number of hydrogen-bond acceptors (Lipinski definition) is 11. The standard InChI is InChI=1S/C15H23N7O.C13H19N3O2.C7H12N4O.ClH/c16-15-17-8-12(19-15)6-3-7-13-9-22(21-20-13)10-14(23)18-11-4-1-2-5-11;1-5-6-7-8-10-9-16(11(14)15-10)12(17)18-13(2,3)4;8-11-9-5-7(12)10-6-3-1-2-4-6;/h8-9,11H,1-7,10H2,(H,18,23)(H3,16,17,19);1,9H,6-8H2,2-4H3,(H2,14,15);6H,1-5H2,(H,10,12);1H. The zero-order valence-electron chi connectivity index (χ0n) is 31.5. The van der Waals surface area contributed by atoms with E-state index in [0.717, 1.165) is 68.4 Å². The van der Waals surface area contributed by atoms with Crippen LogP contribution in [0.3, 0.4) is 0 Å². The molecule has 54 heavy (non-hydrogen) atoms. The maximum atomic E-state index is 12.0. The third-order valence-electron chi connectivity index (χ3n) is 8.26. The highest BCUT2D eigenvalue weighted by Gasteiger charge is 2.21. The smallest absolute Gasteiger partial charge is 0.421 e. The van der Waals surface area contributed by atoms with Crippen molar-refractivity contribution in [1.29, 1.82) is 0 Å². The summed E-state index contributed by atoms with van der Waals surface area (Å²) in [5, 5.41) is 17.2. The first kappa shape index (κ1) is 44.9. The molecule has 296 valence electrons. The number of aromatic nitrogens is 7. The van der Waals surface area contributed by atoms with Crippen molar-refractivity contribution in [2.45, 2.75) is 135 Å². The molecule has 0 aromatic carbocycles. The first-order valence-electron chi connectivity index (χ1n) is 18.1. The molecule has 3 aromatic rings. The summed E-state index contributed by atoms with van der Waals surface area (Å²) in [4.78, 5) is 48.3. The fraction of sp³-hybridized carbons (Fsp3) is 0.629. The minimum absolute atomic E-state index is 0. The van der Waals surface area contributed by atoms with E-state index < -0.39 is 11.7 Å². The highest BCUT2D eigenvalue weighted by atomic mass is 35.5. The van der Waals surface area contributed by atoms with Crippen molar-refractivity contribution in [1.82, 2.24) is 45.1 Å². The Kier molecular flexibility index (Phi) is 19.5. The van der Waals surface area contributed by atoms with Crippen molar-refractivity contribution in [3.8, 4) is 12.3 Å². The number of aryl methyl sites for hydroxylation is 3. The van der Waals surface area contributed by atoms with Crippen LogP contribution < -0.4 is 22.1 Å². The molecule has 0 unspecified atom stereocenters. The van der Waals surface area contributed by atoms with E-state index in [1.165, 1.54) is 30.3 Å². The number of rotatable bonds is 13. The Morgan fingerprint density at radius 3 is 2.22 bits per heavy atom. The molecule has 2 aliphatic rings. The van der Waals surface area contributed by atoms with Crippen LogP contribution in [0.15, 0.2) is 23.7 Å². The zero-order valence-corrected chi connectivity index (χ0v) is 32.3. The second-order valence-electron chi connectivity index (χ2n) is 14.0. The number of aromatic amines is 1. The van der Waals surface area contributed by atoms with E-state index in [1.807, 2.05) is 6.20 Å². The first-order chi connectivity index (χ1) is 25.3. The summed E-state index contributed by atoms with van der Waals surface area (Å²) in [6.45, 7) is 5.55. The fourth-order valence-electron chi connectivity index (χ4n) is 5.82. The summed E-state index contributed by atoms with van der Waals surface area (Å²) in [6.07, 6.45) is 23.7. The largest absolute Gasteiger partial charge is 0.443 e. The number of ether oxygens (including phenoxy) is 1. The Hall–Kier alpha value is -5.27. The molecular weight excluding hydrogens is 716 g/mol. The summed E-state index contributed by atoms with van der Waals surface area (Å²) in [6, 6.07) is 0.652. The van der Waals surface area contributed by atoms with Gasteiger partial charge >= 0.3 is 6.09 Å². The number of H-pyrrole nitrogens is 1. The van der Waals surface area contributed by atoms with Crippen molar-refractivity contribution in [3.05, 3.63) is 46.1 Å². The van der Waals surface area contributed by atoms with Gasteiger partial charge in [0, 0.05) is 41.5 Å². The molecule has 2 aliphatic carbocycles. The number of unbranched alkanes of at least 4 members (excludes halogenated alkanes) is 1. The molecule has 19 heteroatoms. The monoisotopic (exact) mass is 770 g/mol.